The summed E-state index contributed by atoms with van der Waals surface area (Å²) < 4.78 is 1.14. The van der Waals surface area contributed by atoms with E-state index < -0.39 is 0 Å². The highest BCUT2D eigenvalue weighted by Crippen LogP contribution is 2.17. The first-order valence-corrected chi connectivity index (χ1v) is 6.06. The molecule has 84 valence electrons. The molecule has 2 nitrogen and oxygen atoms in total. The lowest BCUT2D eigenvalue weighted by atomic mass is 10.1. The molecular formula is C12H18BrNO. The predicted octanol–water partition coefficient (Wildman–Crippen LogP) is 2.62. The number of aryl methyl sites for hydroxylation is 1. The summed E-state index contributed by atoms with van der Waals surface area (Å²) in [5, 5.41) is 12.3. The van der Waals surface area contributed by atoms with Crippen LogP contribution in [0.1, 0.15) is 24.5 Å². The number of halogens is 1. The van der Waals surface area contributed by atoms with E-state index in [4.69, 9.17) is 5.11 Å². The Morgan fingerprint density at radius 2 is 2.20 bits per heavy atom. The lowest BCUT2D eigenvalue weighted by Gasteiger charge is -2.14. The van der Waals surface area contributed by atoms with Crippen LogP contribution < -0.4 is 5.32 Å². The van der Waals surface area contributed by atoms with E-state index >= 15 is 0 Å². The zero-order valence-electron chi connectivity index (χ0n) is 9.26. The fourth-order valence-corrected chi connectivity index (χ4v) is 1.77. The molecule has 0 aliphatic rings. The van der Waals surface area contributed by atoms with Crippen molar-refractivity contribution >= 4 is 15.9 Å². The summed E-state index contributed by atoms with van der Waals surface area (Å²) in [6.07, 6.45) is 0.948. The van der Waals surface area contributed by atoms with Crippen LogP contribution in [0.2, 0.25) is 0 Å². The summed E-state index contributed by atoms with van der Waals surface area (Å²) in [6.45, 7) is 5.14. The van der Waals surface area contributed by atoms with Crippen molar-refractivity contribution < 1.29 is 5.11 Å². The van der Waals surface area contributed by atoms with Crippen molar-refractivity contribution in [2.45, 2.75) is 32.9 Å². The third kappa shape index (κ3) is 3.93. The van der Waals surface area contributed by atoms with E-state index in [-0.39, 0.29) is 12.6 Å². The molecule has 0 fully saturated rings. The van der Waals surface area contributed by atoms with E-state index in [1.54, 1.807) is 0 Å². The number of aliphatic hydroxyl groups excluding tert-OH is 1. The summed E-state index contributed by atoms with van der Waals surface area (Å²) in [5.41, 5.74) is 2.48. The van der Waals surface area contributed by atoms with E-state index in [0.717, 1.165) is 17.4 Å². The van der Waals surface area contributed by atoms with Crippen LogP contribution in [0.4, 0.5) is 0 Å². The number of rotatable bonds is 5. The largest absolute Gasteiger partial charge is 0.395 e. The Morgan fingerprint density at radius 1 is 1.47 bits per heavy atom. The van der Waals surface area contributed by atoms with Gasteiger partial charge in [-0.2, -0.15) is 0 Å². The number of aliphatic hydroxyl groups is 1. The van der Waals surface area contributed by atoms with Gasteiger partial charge in [0, 0.05) is 17.1 Å². The highest BCUT2D eigenvalue weighted by Gasteiger charge is 2.03. The van der Waals surface area contributed by atoms with Crippen LogP contribution in [0, 0.1) is 6.92 Å². The topological polar surface area (TPSA) is 32.3 Å². The molecule has 3 heteroatoms. The lowest BCUT2D eigenvalue weighted by Crippen LogP contribution is -2.31. The van der Waals surface area contributed by atoms with Gasteiger partial charge in [0.1, 0.15) is 0 Å². The van der Waals surface area contributed by atoms with Gasteiger partial charge in [-0.15, -0.1) is 0 Å². The summed E-state index contributed by atoms with van der Waals surface area (Å²) in [5.74, 6) is 0. The van der Waals surface area contributed by atoms with Crippen molar-refractivity contribution in [3.8, 4) is 0 Å². The molecule has 1 aromatic rings. The van der Waals surface area contributed by atoms with E-state index in [1.165, 1.54) is 11.1 Å². The maximum Gasteiger partial charge on any atom is 0.0584 e. The Kier molecular flexibility index (Phi) is 5.29. The van der Waals surface area contributed by atoms with Gasteiger partial charge in [0.2, 0.25) is 0 Å². The molecule has 15 heavy (non-hydrogen) atoms. The summed E-state index contributed by atoms with van der Waals surface area (Å²) in [6, 6.07) is 6.52. The van der Waals surface area contributed by atoms with Crippen LogP contribution in [-0.4, -0.2) is 17.8 Å². The Balaban J connectivity index is 2.54. The average molecular weight is 272 g/mol. The van der Waals surface area contributed by atoms with Crippen molar-refractivity contribution in [2.24, 2.45) is 0 Å². The summed E-state index contributed by atoms with van der Waals surface area (Å²) >= 11 is 3.51. The third-order valence-electron chi connectivity index (χ3n) is 2.54. The molecule has 1 atom stereocenters. The molecule has 0 radical (unpaired) electrons. The Morgan fingerprint density at radius 3 is 2.73 bits per heavy atom. The van der Waals surface area contributed by atoms with Gasteiger partial charge in [-0.05, 0) is 30.5 Å². The molecular weight excluding hydrogens is 254 g/mol. The minimum atomic E-state index is 0.198. The second-order valence-corrected chi connectivity index (χ2v) is 4.61. The molecule has 1 aromatic carbocycles. The number of hydrogen-bond donors (Lipinski definition) is 2. The average Bonchev–Trinajstić information content (AvgIpc) is 2.24. The van der Waals surface area contributed by atoms with Gasteiger partial charge in [0.05, 0.1) is 6.61 Å². The van der Waals surface area contributed by atoms with Crippen LogP contribution in [-0.2, 0) is 6.54 Å². The summed E-state index contributed by atoms with van der Waals surface area (Å²) in [4.78, 5) is 0. The van der Waals surface area contributed by atoms with Crippen LogP contribution in [0.3, 0.4) is 0 Å². The van der Waals surface area contributed by atoms with Gasteiger partial charge < -0.3 is 10.4 Å². The Labute approximate surface area is 99.8 Å². The summed E-state index contributed by atoms with van der Waals surface area (Å²) in [7, 11) is 0. The molecule has 0 saturated carbocycles. The Hall–Kier alpha value is -0.380. The highest BCUT2D eigenvalue weighted by atomic mass is 79.9. The molecule has 0 aromatic heterocycles. The van der Waals surface area contributed by atoms with Crippen molar-refractivity contribution in [3.63, 3.8) is 0 Å². The minimum absolute atomic E-state index is 0.198. The van der Waals surface area contributed by atoms with Crippen molar-refractivity contribution in [2.75, 3.05) is 6.61 Å². The van der Waals surface area contributed by atoms with Gasteiger partial charge >= 0.3 is 0 Å². The van der Waals surface area contributed by atoms with Crippen LogP contribution in [0.15, 0.2) is 22.7 Å². The first kappa shape index (κ1) is 12.7. The molecule has 0 amide bonds. The minimum Gasteiger partial charge on any atom is -0.395 e. The van der Waals surface area contributed by atoms with Crippen molar-refractivity contribution in [3.05, 3.63) is 33.8 Å². The van der Waals surface area contributed by atoms with E-state index in [2.05, 4.69) is 53.3 Å². The molecule has 0 bridgehead atoms. The third-order valence-corrected chi connectivity index (χ3v) is 3.40. The molecule has 1 rings (SSSR count). The molecule has 0 aliphatic carbocycles. The monoisotopic (exact) mass is 271 g/mol. The molecule has 0 spiro atoms. The highest BCUT2D eigenvalue weighted by molar-refractivity contribution is 9.10. The normalized spacial score (nSPS) is 12.8. The van der Waals surface area contributed by atoms with Gasteiger partial charge in [0.15, 0.2) is 0 Å². The second kappa shape index (κ2) is 6.26. The molecule has 0 saturated heterocycles. The Bertz CT molecular complexity index is 310. The number of hydrogen-bond acceptors (Lipinski definition) is 2. The molecule has 2 N–H and O–H groups in total. The zero-order valence-corrected chi connectivity index (χ0v) is 10.8. The lowest BCUT2D eigenvalue weighted by molar-refractivity contribution is 0.238. The van der Waals surface area contributed by atoms with Gasteiger partial charge in [-0.25, -0.2) is 0 Å². The fourth-order valence-electron chi connectivity index (χ4n) is 1.35. The van der Waals surface area contributed by atoms with Crippen molar-refractivity contribution in [1.29, 1.82) is 0 Å². The standard InChI is InChI=1S/C12H18BrNO/c1-3-11(8-15)14-7-10-5-4-9(2)12(13)6-10/h4-6,11,14-15H,3,7-8H2,1-2H3. The first-order chi connectivity index (χ1) is 7.17. The number of benzene rings is 1. The predicted molar refractivity (Wildman–Crippen MR) is 66.9 cm³/mol. The van der Waals surface area contributed by atoms with Gasteiger partial charge in [-0.3, -0.25) is 0 Å². The van der Waals surface area contributed by atoms with Crippen LogP contribution >= 0.6 is 15.9 Å². The quantitative estimate of drug-likeness (QED) is 0.863. The maximum atomic E-state index is 9.03. The molecule has 0 heterocycles. The van der Waals surface area contributed by atoms with E-state index in [9.17, 15) is 0 Å². The van der Waals surface area contributed by atoms with Crippen LogP contribution in [0.25, 0.3) is 0 Å². The van der Waals surface area contributed by atoms with Gasteiger partial charge in [0.25, 0.3) is 0 Å². The van der Waals surface area contributed by atoms with E-state index in [0.29, 0.717) is 0 Å². The van der Waals surface area contributed by atoms with E-state index in [1.807, 2.05) is 0 Å². The maximum absolute atomic E-state index is 9.03. The van der Waals surface area contributed by atoms with Crippen molar-refractivity contribution in [1.82, 2.24) is 5.32 Å². The SMILES string of the molecule is CCC(CO)NCc1ccc(C)c(Br)c1. The number of nitrogens with one attached hydrogen (secondary N) is 1. The zero-order chi connectivity index (χ0) is 11.3. The van der Waals surface area contributed by atoms with Crippen LogP contribution in [0.5, 0.6) is 0 Å². The smallest absolute Gasteiger partial charge is 0.0584 e. The molecule has 0 aliphatic heterocycles. The van der Waals surface area contributed by atoms with Gasteiger partial charge in [-0.1, -0.05) is 35.0 Å². The first-order valence-electron chi connectivity index (χ1n) is 5.26. The fraction of sp³-hybridized carbons (Fsp3) is 0.500. The second-order valence-electron chi connectivity index (χ2n) is 3.75. The molecule has 1 unspecified atom stereocenters.